The second kappa shape index (κ2) is 8.91. The lowest BCUT2D eigenvalue weighted by Crippen LogP contribution is -2.36. The molecule has 0 bridgehead atoms. The molecule has 2 heterocycles. The molecule has 28 heavy (non-hydrogen) atoms. The van der Waals surface area contributed by atoms with Crippen molar-refractivity contribution in [3.63, 3.8) is 0 Å². The van der Waals surface area contributed by atoms with E-state index in [4.69, 9.17) is 9.47 Å². The van der Waals surface area contributed by atoms with Gasteiger partial charge >= 0.3 is 5.97 Å². The van der Waals surface area contributed by atoms with E-state index in [-0.39, 0.29) is 11.9 Å². The van der Waals surface area contributed by atoms with Gasteiger partial charge in [0.1, 0.15) is 5.75 Å². The van der Waals surface area contributed by atoms with E-state index in [0.29, 0.717) is 51.3 Å². The number of nitrogens with zero attached hydrogens (tertiary/aromatic N) is 3. The Kier molecular flexibility index (Phi) is 6.34. The molecule has 1 aromatic heterocycles. The van der Waals surface area contributed by atoms with Crippen LogP contribution in [0.1, 0.15) is 47.1 Å². The third-order valence-electron chi connectivity index (χ3n) is 4.90. The van der Waals surface area contributed by atoms with Crippen LogP contribution >= 0.6 is 0 Å². The summed E-state index contributed by atoms with van der Waals surface area (Å²) in [6, 6.07) is 7.84. The summed E-state index contributed by atoms with van der Waals surface area (Å²) in [4.78, 5) is 26.7. The van der Waals surface area contributed by atoms with Gasteiger partial charge in [0.05, 0.1) is 18.9 Å². The van der Waals surface area contributed by atoms with Crippen LogP contribution in [0, 0.1) is 6.92 Å². The second-order valence-electron chi connectivity index (χ2n) is 6.90. The average Bonchev–Trinajstić information content (AvgIpc) is 3.01. The molecule has 1 aliphatic heterocycles. The third-order valence-corrected chi connectivity index (χ3v) is 4.90. The highest BCUT2D eigenvalue weighted by atomic mass is 16.5. The summed E-state index contributed by atoms with van der Waals surface area (Å²) < 4.78 is 12.5. The molecule has 1 aromatic carbocycles. The highest BCUT2D eigenvalue weighted by Gasteiger charge is 2.29. The van der Waals surface area contributed by atoms with Crippen molar-refractivity contribution in [3.05, 3.63) is 46.8 Å². The van der Waals surface area contributed by atoms with Gasteiger partial charge in [-0.2, -0.15) is 5.10 Å². The zero-order valence-electron chi connectivity index (χ0n) is 16.7. The van der Waals surface area contributed by atoms with Crippen LogP contribution < -0.4 is 4.74 Å². The van der Waals surface area contributed by atoms with Crippen molar-refractivity contribution < 1.29 is 19.1 Å². The number of amides is 1. The molecule has 1 aliphatic rings. The van der Waals surface area contributed by atoms with Crippen LogP contribution in [0.5, 0.6) is 5.75 Å². The number of carbonyl (C=O) groups is 2. The van der Waals surface area contributed by atoms with Crippen LogP contribution in [0.2, 0.25) is 0 Å². The highest BCUT2D eigenvalue weighted by molar-refractivity contribution is 5.90. The summed E-state index contributed by atoms with van der Waals surface area (Å²) >= 11 is 0. The summed E-state index contributed by atoms with van der Waals surface area (Å²) in [7, 11) is 1.74. The first kappa shape index (κ1) is 19.9. The molecule has 2 aromatic rings. The number of hydrogen-bond acceptors (Lipinski definition) is 5. The van der Waals surface area contributed by atoms with Gasteiger partial charge in [-0.05, 0) is 31.9 Å². The van der Waals surface area contributed by atoms with Gasteiger partial charge < -0.3 is 14.4 Å². The van der Waals surface area contributed by atoms with Crippen molar-refractivity contribution in [2.24, 2.45) is 7.05 Å². The number of aromatic nitrogens is 2. The molecule has 3 rings (SSSR count). The van der Waals surface area contributed by atoms with Gasteiger partial charge in [-0.25, -0.2) is 4.79 Å². The maximum Gasteiger partial charge on any atom is 0.356 e. The third kappa shape index (κ3) is 4.35. The summed E-state index contributed by atoms with van der Waals surface area (Å²) in [5, 5.41) is 4.42. The second-order valence-corrected chi connectivity index (χ2v) is 6.90. The smallest absolute Gasteiger partial charge is 0.356 e. The quantitative estimate of drug-likeness (QED) is 0.541. The first-order chi connectivity index (χ1) is 13.5. The Hall–Kier alpha value is -2.83. The number of para-hydroxylation sites is 1. The minimum atomic E-state index is -0.389. The van der Waals surface area contributed by atoms with Crippen LogP contribution in [0.25, 0.3) is 0 Å². The van der Waals surface area contributed by atoms with E-state index < -0.39 is 0 Å². The SMILES string of the molecule is CCOC(=O)c1c2c(nn1C)CCN(C(=O)CCCOc1ccccc1C)C2. The topological polar surface area (TPSA) is 73.7 Å². The Bertz CT molecular complexity index is 859. The Morgan fingerprint density at radius 2 is 2.04 bits per heavy atom. The number of carbonyl (C=O) groups excluding carboxylic acids is 2. The zero-order valence-corrected chi connectivity index (χ0v) is 16.7. The Balaban J connectivity index is 1.55. The van der Waals surface area contributed by atoms with E-state index in [2.05, 4.69) is 5.10 Å². The predicted octanol–water partition coefficient (Wildman–Crippen LogP) is 2.65. The highest BCUT2D eigenvalue weighted by Crippen LogP contribution is 2.23. The number of esters is 1. The van der Waals surface area contributed by atoms with Gasteiger partial charge in [-0.1, -0.05) is 18.2 Å². The maximum atomic E-state index is 12.6. The lowest BCUT2D eigenvalue weighted by molar-refractivity contribution is -0.132. The Morgan fingerprint density at radius 3 is 2.79 bits per heavy atom. The standard InChI is InChI=1S/C21H27N3O4/c1-4-27-21(26)20-16-14-24(12-11-17(16)22-23(20)3)19(25)10-7-13-28-18-9-6-5-8-15(18)2/h5-6,8-9H,4,7,10-14H2,1-3H3. The molecular formula is C21H27N3O4. The molecule has 0 spiro atoms. The fourth-order valence-corrected chi connectivity index (χ4v) is 3.45. The van der Waals surface area contributed by atoms with Crippen molar-refractivity contribution in [2.75, 3.05) is 19.8 Å². The van der Waals surface area contributed by atoms with Crippen molar-refractivity contribution in [3.8, 4) is 5.75 Å². The van der Waals surface area contributed by atoms with Gasteiger partial charge in [0.15, 0.2) is 5.69 Å². The molecule has 0 N–H and O–H groups in total. The number of hydrogen-bond donors (Lipinski definition) is 0. The largest absolute Gasteiger partial charge is 0.493 e. The van der Waals surface area contributed by atoms with Gasteiger partial charge in [0.25, 0.3) is 0 Å². The van der Waals surface area contributed by atoms with E-state index in [1.165, 1.54) is 0 Å². The van der Waals surface area contributed by atoms with Gasteiger partial charge in [-0.15, -0.1) is 0 Å². The fourth-order valence-electron chi connectivity index (χ4n) is 3.45. The van der Waals surface area contributed by atoms with E-state index in [1.54, 1.807) is 23.6 Å². The number of aryl methyl sites for hydroxylation is 2. The van der Waals surface area contributed by atoms with Crippen molar-refractivity contribution in [2.45, 2.75) is 39.7 Å². The van der Waals surface area contributed by atoms with Crippen LogP contribution in [0.3, 0.4) is 0 Å². The lowest BCUT2D eigenvalue weighted by Gasteiger charge is -2.27. The Labute approximate surface area is 165 Å². The van der Waals surface area contributed by atoms with Crippen molar-refractivity contribution in [1.29, 1.82) is 0 Å². The first-order valence-electron chi connectivity index (χ1n) is 9.69. The van der Waals surface area contributed by atoms with Gasteiger partial charge in [-0.3, -0.25) is 9.48 Å². The van der Waals surface area contributed by atoms with Crippen molar-refractivity contribution >= 4 is 11.9 Å². The minimum absolute atomic E-state index is 0.0673. The van der Waals surface area contributed by atoms with Crippen LogP contribution in [0.15, 0.2) is 24.3 Å². The van der Waals surface area contributed by atoms with Crippen LogP contribution in [-0.4, -0.2) is 46.3 Å². The van der Waals surface area contributed by atoms with E-state index >= 15 is 0 Å². The molecule has 0 radical (unpaired) electrons. The van der Waals surface area contributed by atoms with Crippen molar-refractivity contribution in [1.82, 2.24) is 14.7 Å². The Morgan fingerprint density at radius 1 is 1.25 bits per heavy atom. The summed E-state index contributed by atoms with van der Waals surface area (Å²) in [6.07, 6.45) is 1.71. The number of benzene rings is 1. The van der Waals surface area contributed by atoms with Gasteiger partial charge in [0, 0.05) is 38.5 Å². The molecule has 1 amide bonds. The molecule has 150 valence electrons. The maximum absolute atomic E-state index is 12.6. The molecule has 0 saturated heterocycles. The van der Waals surface area contributed by atoms with Crippen LogP contribution in [-0.2, 0) is 29.5 Å². The number of fused-ring (bicyclic) bond motifs is 1. The fraction of sp³-hybridized carbons (Fsp3) is 0.476. The average molecular weight is 385 g/mol. The first-order valence-corrected chi connectivity index (χ1v) is 9.69. The summed E-state index contributed by atoms with van der Waals surface area (Å²) in [6.45, 7) is 5.59. The normalized spacial score (nSPS) is 13.2. The van der Waals surface area contributed by atoms with Gasteiger partial charge in [0.2, 0.25) is 5.91 Å². The molecule has 7 nitrogen and oxygen atoms in total. The number of ether oxygens (including phenoxy) is 2. The molecule has 0 aliphatic carbocycles. The van der Waals surface area contributed by atoms with Crippen LogP contribution in [0.4, 0.5) is 0 Å². The van der Waals surface area contributed by atoms with E-state index in [9.17, 15) is 9.59 Å². The molecular weight excluding hydrogens is 358 g/mol. The van der Waals surface area contributed by atoms with E-state index in [0.717, 1.165) is 22.6 Å². The molecule has 0 atom stereocenters. The van der Waals surface area contributed by atoms with E-state index in [1.807, 2.05) is 31.2 Å². The summed E-state index contributed by atoms with van der Waals surface area (Å²) in [5.74, 6) is 0.532. The minimum Gasteiger partial charge on any atom is -0.493 e. The predicted molar refractivity (Wildman–Crippen MR) is 104 cm³/mol. The monoisotopic (exact) mass is 385 g/mol. The molecule has 0 saturated carbocycles. The molecule has 7 heteroatoms. The zero-order chi connectivity index (χ0) is 20.1. The summed E-state index contributed by atoms with van der Waals surface area (Å²) in [5.41, 5.74) is 3.20. The molecule has 0 fully saturated rings. The lowest BCUT2D eigenvalue weighted by atomic mass is 10.0. The molecule has 0 unspecified atom stereocenters. The number of rotatable bonds is 7.